The van der Waals surface area contributed by atoms with Crippen molar-refractivity contribution < 1.29 is 22.0 Å². The topological polar surface area (TPSA) is 26.0 Å². The Balaban J connectivity index is 3.02. The lowest BCUT2D eigenvalue weighted by Gasteiger charge is -2.16. The Bertz CT molecular complexity index is 390. The molecule has 0 aliphatic carbocycles. The summed E-state index contributed by atoms with van der Waals surface area (Å²) in [6.07, 6.45) is -5.61. The van der Waals surface area contributed by atoms with Gasteiger partial charge in [-0.1, -0.05) is 0 Å². The first-order valence-electron chi connectivity index (χ1n) is 4.18. The van der Waals surface area contributed by atoms with Crippen molar-refractivity contribution in [1.82, 2.24) is 0 Å². The zero-order valence-corrected chi connectivity index (χ0v) is 9.37. The SMILES string of the molecule is NC(Cc1c(F)ccc(Br)c1F)C(F)(F)F. The van der Waals surface area contributed by atoms with Crippen LogP contribution in [0.2, 0.25) is 0 Å². The van der Waals surface area contributed by atoms with Crippen LogP contribution in [0, 0.1) is 11.6 Å². The number of benzene rings is 1. The minimum atomic E-state index is -4.68. The molecule has 0 bridgehead atoms. The van der Waals surface area contributed by atoms with Gasteiger partial charge in [-0.15, -0.1) is 0 Å². The predicted octanol–water partition coefficient (Wildman–Crippen LogP) is 3.16. The molecule has 0 heterocycles. The molecule has 1 unspecified atom stereocenters. The third-order valence-corrected chi connectivity index (χ3v) is 2.60. The van der Waals surface area contributed by atoms with E-state index in [0.717, 1.165) is 12.1 Å². The van der Waals surface area contributed by atoms with E-state index in [1.165, 1.54) is 0 Å². The van der Waals surface area contributed by atoms with E-state index in [-0.39, 0.29) is 4.47 Å². The van der Waals surface area contributed by atoms with Gasteiger partial charge in [-0.3, -0.25) is 0 Å². The van der Waals surface area contributed by atoms with Crippen LogP contribution in [0.25, 0.3) is 0 Å². The standard InChI is InChI=1S/C9H7BrF5N/c10-5-1-2-6(11)4(8(5)12)3-7(16)9(13,14)15/h1-2,7H,3,16H2. The van der Waals surface area contributed by atoms with Crippen molar-refractivity contribution in [1.29, 1.82) is 0 Å². The van der Waals surface area contributed by atoms with Gasteiger partial charge in [-0.2, -0.15) is 13.2 Å². The molecule has 0 fully saturated rings. The van der Waals surface area contributed by atoms with E-state index in [1.54, 1.807) is 0 Å². The van der Waals surface area contributed by atoms with Gasteiger partial charge < -0.3 is 5.73 Å². The maximum Gasteiger partial charge on any atom is 0.403 e. The molecule has 90 valence electrons. The summed E-state index contributed by atoms with van der Waals surface area (Å²) >= 11 is 2.76. The fourth-order valence-corrected chi connectivity index (χ4v) is 1.46. The van der Waals surface area contributed by atoms with E-state index in [2.05, 4.69) is 15.9 Å². The van der Waals surface area contributed by atoms with E-state index in [9.17, 15) is 22.0 Å². The lowest BCUT2D eigenvalue weighted by Crippen LogP contribution is -2.39. The Morgan fingerprint density at radius 2 is 1.81 bits per heavy atom. The second-order valence-corrected chi connectivity index (χ2v) is 4.03. The number of nitrogens with two attached hydrogens (primary N) is 1. The van der Waals surface area contributed by atoms with Crippen LogP contribution in [0.1, 0.15) is 5.56 Å². The van der Waals surface area contributed by atoms with Gasteiger partial charge in [0, 0.05) is 12.0 Å². The van der Waals surface area contributed by atoms with Gasteiger partial charge in [0.1, 0.15) is 17.7 Å². The van der Waals surface area contributed by atoms with Gasteiger partial charge in [0.05, 0.1) is 4.47 Å². The van der Waals surface area contributed by atoms with Crippen molar-refractivity contribution in [3.05, 3.63) is 33.8 Å². The molecule has 1 aromatic rings. The Labute approximate surface area is 96.6 Å². The predicted molar refractivity (Wildman–Crippen MR) is 51.8 cm³/mol. The molecule has 1 aromatic carbocycles. The fraction of sp³-hybridized carbons (Fsp3) is 0.333. The third-order valence-electron chi connectivity index (χ3n) is 1.98. The van der Waals surface area contributed by atoms with E-state index in [4.69, 9.17) is 5.73 Å². The van der Waals surface area contributed by atoms with Crippen LogP contribution in [0.3, 0.4) is 0 Å². The second kappa shape index (κ2) is 4.67. The summed E-state index contributed by atoms with van der Waals surface area (Å²) in [6, 6.07) is -0.329. The molecule has 1 atom stereocenters. The molecule has 0 radical (unpaired) electrons. The van der Waals surface area contributed by atoms with Gasteiger partial charge in [-0.25, -0.2) is 8.78 Å². The van der Waals surface area contributed by atoms with E-state index >= 15 is 0 Å². The van der Waals surface area contributed by atoms with Crippen molar-refractivity contribution >= 4 is 15.9 Å². The van der Waals surface area contributed by atoms with Crippen molar-refractivity contribution in [2.45, 2.75) is 18.6 Å². The maximum atomic E-state index is 13.3. The maximum absolute atomic E-state index is 13.3. The Hall–Kier alpha value is -0.690. The first-order chi connectivity index (χ1) is 7.23. The lowest BCUT2D eigenvalue weighted by molar-refractivity contribution is -0.147. The minimum absolute atomic E-state index is 0.0988. The van der Waals surface area contributed by atoms with E-state index in [0.29, 0.717) is 0 Å². The van der Waals surface area contributed by atoms with Crippen molar-refractivity contribution in [2.75, 3.05) is 0 Å². The van der Waals surface area contributed by atoms with Gasteiger partial charge >= 0.3 is 6.18 Å². The molecule has 0 aromatic heterocycles. The molecule has 1 nitrogen and oxygen atoms in total. The van der Waals surface area contributed by atoms with Crippen molar-refractivity contribution in [3.63, 3.8) is 0 Å². The summed E-state index contributed by atoms with van der Waals surface area (Å²) in [5, 5.41) is 0. The minimum Gasteiger partial charge on any atom is -0.320 e. The Morgan fingerprint density at radius 3 is 2.31 bits per heavy atom. The lowest BCUT2D eigenvalue weighted by atomic mass is 10.1. The van der Waals surface area contributed by atoms with Gasteiger partial charge in [-0.05, 0) is 28.1 Å². The highest BCUT2D eigenvalue weighted by Gasteiger charge is 2.37. The zero-order valence-electron chi connectivity index (χ0n) is 7.78. The summed E-state index contributed by atoms with van der Waals surface area (Å²) in [4.78, 5) is 0. The summed E-state index contributed by atoms with van der Waals surface area (Å²) < 4.78 is 62.6. The highest BCUT2D eigenvalue weighted by molar-refractivity contribution is 9.10. The van der Waals surface area contributed by atoms with Crippen LogP contribution in [-0.2, 0) is 6.42 Å². The molecule has 1 rings (SSSR count). The monoisotopic (exact) mass is 303 g/mol. The number of alkyl halides is 3. The molecule has 0 amide bonds. The van der Waals surface area contributed by atoms with Crippen LogP contribution in [0.4, 0.5) is 22.0 Å². The molecule has 0 saturated carbocycles. The summed E-state index contributed by atoms with van der Waals surface area (Å²) in [5.41, 5.74) is 4.13. The molecule has 7 heteroatoms. The molecule has 0 saturated heterocycles. The first kappa shape index (κ1) is 13.4. The van der Waals surface area contributed by atoms with Gasteiger partial charge in [0.15, 0.2) is 0 Å². The number of hydrogen-bond acceptors (Lipinski definition) is 1. The van der Waals surface area contributed by atoms with Crippen LogP contribution in [0.15, 0.2) is 16.6 Å². The van der Waals surface area contributed by atoms with Crippen LogP contribution >= 0.6 is 15.9 Å². The Morgan fingerprint density at radius 1 is 1.25 bits per heavy atom. The smallest absolute Gasteiger partial charge is 0.320 e. The molecule has 16 heavy (non-hydrogen) atoms. The summed E-state index contributed by atoms with van der Waals surface area (Å²) in [5.74, 6) is -2.10. The molecule has 0 aliphatic heterocycles. The second-order valence-electron chi connectivity index (χ2n) is 3.17. The Kier molecular flexibility index (Phi) is 3.90. The number of halogens is 6. The van der Waals surface area contributed by atoms with Crippen molar-refractivity contribution in [2.24, 2.45) is 5.73 Å². The quantitative estimate of drug-likeness (QED) is 0.659. The van der Waals surface area contributed by atoms with Crippen molar-refractivity contribution in [3.8, 4) is 0 Å². The largest absolute Gasteiger partial charge is 0.403 e. The molecule has 0 spiro atoms. The fourth-order valence-electron chi connectivity index (χ4n) is 1.09. The van der Waals surface area contributed by atoms with E-state index < -0.39 is 35.8 Å². The van der Waals surface area contributed by atoms with Crippen LogP contribution in [-0.4, -0.2) is 12.2 Å². The number of rotatable bonds is 2. The molecular weight excluding hydrogens is 297 g/mol. The summed E-state index contributed by atoms with van der Waals surface area (Å²) in [6.45, 7) is 0. The van der Waals surface area contributed by atoms with Gasteiger partial charge in [0.2, 0.25) is 0 Å². The highest BCUT2D eigenvalue weighted by atomic mass is 79.9. The average molecular weight is 304 g/mol. The van der Waals surface area contributed by atoms with E-state index in [1.807, 2.05) is 0 Å². The average Bonchev–Trinajstić information content (AvgIpc) is 2.17. The molecule has 0 aliphatic rings. The molecule has 2 N–H and O–H groups in total. The normalized spacial score (nSPS) is 13.9. The van der Waals surface area contributed by atoms with Gasteiger partial charge in [0.25, 0.3) is 0 Å². The first-order valence-corrected chi connectivity index (χ1v) is 4.97. The summed E-state index contributed by atoms with van der Waals surface area (Å²) in [7, 11) is 0. The highest BCUT2D eigenvalue weighted by Crippen LogP contribution is 2.26. The molecular formula is C9H7BrF5N. The number of hydrogen-bond donors (Lipinski definition) is 1. The zero-order chi connectivity index (χ0) is 12.5. The van der Waals surface area contributed by atoms with Crippen LogP contribution in [0.5, 0.6) is 0 Å². The third kappa shape index (κ3) is 2.91. The van der Waals surface area contributed by atoms with Crippen LogP contribution < -0.4 is 5.73 Å².